The molecular weight excluding hydrogens is 366 g/mol. The molecule has 0 unspecified atom stereocenters. The van der Waals surface area contributed by atoms with Crippen molar-refractivity contribution in [2.45, 2.75) is 31.6 Å². The van der Waals surface area contributed by atoms with Crippen LogP contribution in [0.3, 0.4) is 0 Å². The molecule has 5 nitrogen and oxygen atoms in total. The van der Waals surface area contributed by atoms with Gasteiger partial charge in [-0.3, -0.25) is 15.0 Å². The number of nitrogens with zero attached hydrogens (tertiary/aromatic N) is 1. The molecule has 0 spiro atoms. The zero-order valence-electron chi connectivity index (χ0n) is 13.0. The predicted octanol–water partition coefficient (Wildman–Crippen LogP) is 2.83. The smallest absolute Gasteiger partial charge is 0.329 e. The van der Waals surface area contributed by atoms with E-state index in [2.05, 4.69) is 0 Å². The number of imide groups is 1. The summed E-state index contributed by atoms with van der Waals surface area (Å²) in [5.41, 5.74) is 0.227. The van der Waals surface area contributed by atoms with Crippen LogP contribution in [0.15, 0.2) is 18.2 Å². The van der Waals surface area contributed by atoms with Gasteiger partial charge in [0.1, 0.15) is 12.4 Å². The number of carbonyl (C=O) groups is 2. The fraction of sp³-hybridized carbons (Fsp3) is 0.467. The van der Waals surface area contributed by atoms with Gasteiger partial charge in [-0.2, -0.15) is 13.2 Å². The van der Waals surface area contributed by atoms with E-state index >= 15 is 0 Å². The number of halogens is 5. The lowest BCUT2D eigenvalue weighted by atomic mass is 10.2. The van der Waals surface area contributed by atoms with E-state index in [-0.39, 0.29) is 29.7 Å². The van der Waals surface area contributed by atoms with E-state index in [0.29, 0.717) is 0 Å². The molecule has 1 aromatic carbocycles. The average Bonchev–Trinajstić information content (AvgIpc) is 3.32. The normalized spacial score (nSPS) is 14.5. The number of urea groups is 1. The molecule has 138 valence electrons. The molecule has 2 N–H and O–H groups in total. The first kappa shape index (κ1) is 19.5. The Bertz CT molecular complexity index is 630. The molecule has 3 amide bonds. The van der Waals surface area contributed by atoms with Crippen LogP contribution in [-0.2, 0) is 11.3 Å². The summed E-state index contributed by atoms with van der Waals surface area (Å²) in [5, 5.41) is 3.58. The molecule has 1 aromatic rings. The number of amides is 3. The molecule has 1 saturated carbocycles. The van der Waals surface area contributed by atoms with Gasteiger partial charge in [0.25, 0.3) is 0 Å². The van der Waals surface area contributed by atoms with Gasteiger partial charge in [0.15, 0.2) is 0 Å². The van der Waals surface area contributed by atoms with E-state index in [0.717, 1.165) is 12.8 Å². The second kappa shape index (κ2) is 8.01. The lowest BCUT2D eigenvalue weighted by Crippen LogP contribution is -2.47. The Morgan fingerprint density at radius 2 is 1.96 bits per heavy atom. The highest BCUT2D eigenvalue weighted by Crippen LogP contribution is 2.30. The summed E-state index contributed by atoms with van der Waals surface area (Å²) in [5.74, 6) is -1.29. The van der Waals surface area contributed by atoms with Crippen molar-refractivity contribution in [2.24, 2.45) is 0 Å². The van der Waals surface area contributed by atoms with Gasteiger partial charge in [0.2, 0.25) is 5.91 Å². The Balaban J connectivity index is 1.91. The van der Waals surface area contributed by atoms with Crippen LogP contribution in [0.25, 0.3) is 0 Å². The minimum atomic E-state index is -4.57. The average molecular weight is 382 g/mol. The minimum Gasteiger partial charge on any atom is -0.329 e. The Morgan fingerprint density at radius 3 is 2.52 bits per heavy atom. The Labute approximate surface area is 146 Å². The first-order valence-electron chi connectivity index (χ1n) is 7.47. The van der Waals surface area contributed by atoms with Crippen molar-refractivity contribution >= 4 is 23.5 Å². The molecule has 1 fully saturated rings. The highest BCUT2D eigenvalue weighted by Gasteiger charge is 2.32. The van der Waals surface area contributed by atoms with Crippen LogP contribution in [0, 0.1) is 5.82 Å². The Kier molecular flexibility index (Phi) is 6.23. The summed E-state index contributed by atoms with van der Waals surface area (Å²) >= 11 is 5.97. The Hall–Kier alpha value is -1.87. The Morgan fingerprint density at radius 1 is 1.28 bits per heavy atom. The molecule has 2 rings (SSSR count). The predicted molar refractivity (Wildman–Crippen MR) is 82.4 cm³/mol. The number of benzene rings is 1. The van der Waals surface area contributed by atoms with Gasteiger partial charge in [0, 0.05) is 23.2 Å². The van der Waals surface area contributed by atoms with E-state index in [1.54, 1.807) is 10.2 Å². The quantitative estimate of drug-likeness (QED) is 0.745. The maximum Gasteiger partial charge on any atom is 0.405 e. The molecular formula is C15H16ClF4N3O2. The van der Waals surface area contributed by atoms with E-state index < -0.39 is 30.5 Å². The van der Waals surface area contributed by atoms with Crippen LogP contribution >= 0.6 is 11.6 Å². The van der Waals surface area contributed by atoms with Crippen LogP contribution in [0.4, 0.5) is 22.4 Å². The van der Waals surface area contributed by atoms with Crippen LogP contribution < -0.4 is 10.6 Å². The number of nitrogens with one attached hydrogen (secondary N) is 2. The van der Waals surface area contributed by atoms with Crippen LogP contribution in [0.1, 0.15) is 18.4 Å². The molecule has 1 aliphatic rings. The van der Waals surface area contributed by atoms with Crippen LogP contribution in [-0.4, -0.2) is 42.1 Å². The van der Waals surface area contributed by atoms with Crippen LogP contribution in [0.5, 0.6) is 0 Å². The summed E-state index contributed by atoms with van der Waals surface area (Å²) < 4.78 is 49.9. The summed E-state index contributed by atoms with van der Waals surface area (Å²) in [4.78, 5) is 24.8. The molecule has 0 heterocycles. The molecule has 0 radical (unpaired) electrons. The van der Waals surface area contributed by atoms with Crippen molar-refractivity contribution in [1.29, 1.82) is 0 Å². The third-order valence-corrected chi connectivity index (χ3v) is 3.89. The molecule has 0 aliphatic heterocycles. The molecule has 0 bridgehead atoms. The number of rotatable bonds is 6. The molecule has 0 saturated heterocycles. The fourth-order valence-electron chi connectivity index (χ4n) is 2.22. The largest absolute Gasteiger partial charge is 0.405 e. The van der Waals surface area contributed by atoms with Gasteiger partial charge in [0.05, 0.1) is 6.54 Å². The third-order valence-electron chi connectivity index (χ3n) is 3.54. The van der Waals surface area contributed by atoms with Gasteiger partial charge in [-0.25, -0.2) is 9.18 Å². The zero-order valence-corrected chi connectivity index (χ0v) is 13.8. The van der Waals surface area contributed by atoms with Crippen molar-refractivity contribution in [1.82, 2.24) is 15.5 Å². The van der Waals surface area contributed by atoms with E-state index in [1.165, 1.54) is 18.2 Å². The van der Waals surface area contributed by atoms with Crippen molar-refractivity contribution in [3.05, 3.63) is 34.6 Å². The second-order valence-corrected chi connectivity index (χ2v) is 6.09. The molecule has 25 heavy (non-hydrogen) atoms. The van der Waals surface area contributed by atoms with Crippen molar-refractivity contribution < 1.29 is 27.2 Å². The summed E-state index contributed by atoms with van der Waals surface area (Å²) in [6.07, 6.45) is -2.96. The highest BCUT2D eigenvalue weighted by molar-refractivity contribution is 6.31. The molecule has 10 heteroatoms. The first-order chi connectivity index (χ1) is 11.7. The maximum absolute atomic E-state index is 13.9. The number of hydrogen-bond acceptors (Lipinski definition) is 3. The van der Waals surface area contributed by atoms with Crippen molar-refractivity contribution in [2.75, 3.05) is 13.1 Å². The van der Waals surface area contributed by atoms with Gasteiger partial charge in [-0.1, -0.05) is 17.7 Å². The monoisotopic (exact) mass is 381 g/mol. The van der Waals surface area contributed by atoms with Gasteiger partial charge in [-0.05, 0) is 25.0 Å². The topological polar surface area (TPSA) is 61.4 Å². The minimum absolute atomic E-state index is 0.0414. The van der Waals surface area contributed by atoms with E-state index in [1.807, 2.05) is 5.32 Å². The SMILES string of the molecule is O=C(CN(Cc1c(F)cccc1Cl)C1CC1)NC(=O)NCC(F)(F)F. The second-order valence-electron chi connectivity index (χ2n) is 5.68. The lowest BCUT2D eigenvalue weighted by molar-refractivity contribution is -0.125. The summed E-state index contributed by atoms with van der Waals surface area (Å²) in [6.45, 7) is -1.73. The highest BCUT2D eigenvalue weighted by atomic mass is 35.5. The molecule has 1 aliphatic carbocycles. The van der Waals surface area contributed by atoms with E-state index in [9.17, 15) is 27.2 Å². The zero-order chi connectivity index (χ0) is 18.6. The standard InChI is InChI=1S/C15H16ClF4N3O2/c16-11-2-1-3-12(17)10(11)6-23(9-4-5-9)7-13(24)22-14(25)21-8-15(18,19)20/h1-3,9H,4-8H2,(H2,21,22,24,25). The number of hydrogen-bond donors (Lipinski definition) is 2. The third kappa shape index (κ3) is 6.50. The summed E-state index contributed by atoms with van der Waals surface area (Å²) in [6, 6.07) is 3.04. The van der Waals surface area contributed by atoms with E-state index in [4.69, 9.17) is 11.6 Å². The summed E-state index contributed by atoms with van der Waals surface area (Å²) in [7, 11) is 0. The first-order valence-corrected chi connectivity index (χ1v) is 7.85. The number of carbonyl (C=O) groups excluding carboxylic acids is 2. The lowest BCUT2D eigenvalue weighted by Gasteiger charge is -2.22. The van der Waals surface area contributed by atoms with Crippen molar-refractivity contribution in [3.63, 3.8) is 0 Å². The van der Waals surface area contributed by atoms with Crippen LogP contribution in [0.2, 0.25) is 5.02 Å². The molecule has 0 aromatic heterocycles. The molecule has 0 atom stereocenters. The fourth-order valence-corrected chi connectivity index (χ4v) is 2.44. The van der Waals surface area contributed by atoms with Crippen molar-refractivity contribution in [3.8, 4) is 0 Å². The maximum atomic E-state index is 13.9. The van der Waals surface area contributed by atoms with Gasteiger partial charge >= 0.3 is 12.2 Å². The van der Waals surface area contributed by atoms with Gasteiger partial charge < -0.3 is 5.32 Å². The van der Waals surface area contributed by atoms with Gasteiger partial charge in [-0.15, -0.1) is 0 Å². The number of alkyl halides is 3.